The quantitative estimate of drug-likeness (QED) is 0.934. The molecule has 1 aromatic heterocycles. The second-order valence-electron chi connectivity index (χ2n) is 8.28. The van der Waals surface area contributed by atoms with E-state index in [-0.39, 0.29) is 12.1 Å². The molecule has 0 saturated heterocycles. The van der Waals surface area contributed by atoms with E-state index in [9.17, 15) is 5.11 Å². The molecule has 3 rings (SSSR count). The van der Waals surface area contributed by atoms with Gasteiger partial charge in [0, 0.05) is 48.9 Å². The van der Waals surface area contributed by atoms with Crippen molar-refractivity contribution in [1.29, 1.82) is 0 Å². The highest BCUT2D eigenvalue weighted by atomic mass is 16.3. The summed E-state index contributed by atoms with van der Waals surface area (Å²) in [5.41, 5.74) is 7.20. The van der Waals surface area contributed by atoms with E-state index >= 15 is 0 Å². The van der Waals surface area contributed by atoms with Gasteiger partial charge in [0.05, 0.1) is 0 Å². The fourth-order valence-corrected chi connectivity index (χ4v) is 3.68. The third-order valence-corrected chi connectivity index (χ3v) is 5.48. The molecule has 1 atom stereocenters. The molecule has 1 N–H and O–H groups in total. The Bertz CT molecular complexity index is 736. The van der Waals surface area contributed by atoms with Crippen LogP contribution in [0.2, 0.25) is 0 Å². The van der Waals surface area contributed by atoms with E-state index in [2.05, 4.69) is 63.3 Å². The maximum Gasteiger partial charge on any atom is 0.0486 e. The van der Waals surface area contributed by atoms with E-state index in [1.165, 1.54) is 33.3 Å². The van der Waals surface area contributed by atoms with E-state index in [1.807, 2.05) is 0 Å². The van der Waals surface area contributed by atoms with Gasteiger partial charge in [-0.25, -0.2) is 0 Å². The summed E-state index contributed by atoms with van der Waals surface area (Å²) in [6.07, 6.45) is 0.946. The van der Waals surface area contributed by atoms with Gasteiger partial charge in [0.25, 0.3) is 0 Å². The predicted molar refractivity (Wildman–Crippen MR) is 96.6 cm³/mol. The standard InChI is InChI=1S/C20H30N2O/c1-13(12-23)7-17-14(2)21(6)19-9-16-11-22(20(3,4)5)10-15(16)8-18(17)19/h8-9,13,23H,7,10-12H2,1-6H3. The zero-order valence-electron chi connectivity index (χ0n) is 15.4. The topological polar surface area (TPSA) is 28.4 Å². The van der Waals surface area contributed by atoms with Gasteiger partial charge in [-0.05, 0) is 68.9 Å². The molecule has 3 nitrogen and oxygen atoms in total. The largest absolute Gasteiger partial charge is 0.396 e. The Morgan fingerprint density at radius 1 is 1.17 bits per heavy atom. The van der Waals surface area contributed by atoms with Gasteiger partial charge in [-0.2, -0.15) is 0 Å². The van der Waals surface area contributed by atoms with E-state index in [0.29, 0.717) is 5.92 Å². The van der Waals surface area contributed by atoms with Crippen LogP contribution in [0.3, 0.4) is 0 Å². The van der Waals surface area contributed by atoms with Gasteiger partial charge in [-0.1, -0.05) is 6.92 Å². The molecule has 3 heteroatoms. The summed E-state index contributed by atoms with van der Waals surface area (Å²) < 4.78 is 2.31. The molecule has 23 heavy (non-hydrogen) atoms. The number of fused-ring (bicyclic) bond motifs is 2. The van der Waals surface area contributed by atoms with Crippen molar-refractivity contribution in [1.82, 2.24) is 9.47 Å². The Kier molecular flexibility index (Phi) is 4.06. The molecule has 0 bridgehead atoms. The molecule has 0 fully saturated rings. The normalized spacial score (nSPS) is 17.0. The number of benzene rings is 1. The highest BCUT2D eigenvalue weighted by molar-refractivity contribution is 5.87. The average molecular weight is 314 g/mol. The van der Waals surface area contributed by atoms with Crippen LogP contribution in [0.5, 0.6) is 0 Å². The molecular weight excluding hydrogens is 284 g/mol. The highest BCUT2D eigenvalue weighted by Gasteiger charge is 2.29. The third-order valence-electron chi connectivity index (χ3n) is 5.48. The second-order valence-corrected chi connectivity index (χ2v) is 8.28. The van der Waals surface area contributed by atoms with Crippen molar-refractivity contribution in [2.24, 2.45) is 13.0 Å². The molecule has 0 spiro atoms. The third kappa shape index (κ3) is 2.81. The minimum atomic E-state index is 0.204. The predicted octanol–water partition coefficient (Wildman–Crippen LogP) is 3.77. The number of nitrogens with zero attached hydrogens (tertiary/aromatic N) is 2. The van der Waals surface area contributed by atoms with E-state index in [1.54, 1.807) is 0 Å². The number of hydrogen-bond donors (Lipinski definition) is 1. The number of hydrogen-bond acceptors (Lipinski definition) is 2. The van der Waals surface area contributed by atoms with Crippen LogP contribution >= 0.6 is 0 Å². The second kappa shape index (κ2) is 5.64. The number of aliphatic hydroxyl groups is 1. The lowest BCUT2D eigenvalue weighted by Crippen LogP contribution is -2.36. The number of rotatable bonds is 3. The summed E-state index contributed by atoms with van der Waals surface area (Å²) in [5, 5.41) is 10.8. The van der Waals surface area contributed by atoms with Crippen molar-refractivity contribution in [3.63, 3.8) is 0 Å². The monoisotopic (exact) mass is 314 g/mol. The van der Waals surface area contributed by atoms with E-state index in [0.717, 1.165) is 19.5 Å². The number of aryl methyl sites for hydroxylation is 1. The molecule has 1 aliphatic rings. The number of aromatic nitrogens is 1. The molecule has 1 unspecified atom stereocenters. The summed E-state index contributed by atoms with van der Waals surface area (Å²) in [5.74, 6) is 0.304. The van der Waals surface area contributed by atoms with Crippen LogP contribution < -0.4 is 0 Å². The fourth-order valence-electron chi connectivity index (χ4n) is 3.68. The summed E-state index contributed by atoms with van der Waals surface area (Å²) >= 11 is 0. The minimum Gasteiger partial charge on any atom is -0.396 e. The zero-order valence-corrected chi connectivity index (χ0v) is 15.4. The van der Waals surface area contributed by atoms with Gasteiger partial charge in [0.15, 0.2) is 0 Å². The first-order chi connectivity index (χ1) is 10.7. The van der Waals surface area contributed by atoms with Crippen LogP contribution in [0.25, 0.3) is 10.9 Å². The van der Waals surface area contributed by atoms with Gasteiger partial charge in [0.1, 0.15) is 0 Å². The Labute approximate surface area is 139 Å². The molecule has 2 aromatic rings. The van der Waals surface area contributed by atoms with Crippen LogP contribution in [0.15, 0.2) is 12.1 Å². The molecule has 1 aromatic carbocycles. The van der Waals surface area contributed by atoms with Crippen LogP contribution in [0.1, 0.15) is 50.1 Å². The van der Waals surface area contributed by atoms with Crippen LogP contribution in [0, 0.1) is 12.8 Å². The Morgan fingerprint density at radius 3 is 2.35 bits per heavy atom. The lowest BCUT2D eigenvalue weighted by atomic mass is 9.97. The molecule has 0 saturated carbocycles. The molecule has 2 heterocycles. The number of aliphatic hydroxyl groups excluding tert-OH is 1. The van der Waals surface area contributed by atoms with Gasteiger partial charge >= 0.3 is 0 Å². The van der Waals surface area contributed by atoms with E-state index in [4.69, 9.17) is 0 Å². The Hall–Kier alpha value is -1.32. The Morgan fingerprint density at radius 2 is 1.78 bits per heavy atom. The molecule has 126 valence electrons. The first kappa shape index (κ1) is 16.5. The molecule has 0 amide bonds. The van der Waals surface area contributed by atoms with Crippen molar-refractivity contribution >= 4 is 10.9 Å². The van der Waals surface area contributed by atoms with Gasteiger partial charge < -0.3 is 9.67 Å². The van der Waals surface area contributed by atoms with Gasteiger partial charge in [0.2, 0.25) is 0 Å². The van der Waals surface area contributed by atoms with E-state index < -0.39 is 0 Å². The molecule has 0 radical (unpaired) electrons. The summed E-state index contributed by atoms with van der Waals surface area (Å²) in [6.45, 7) is 13.5. The van der Waals surface area contributed by atoms with Crippen LogP contribution in [0.4, 0.5) is 0 Å². The maximum atomic E-state index is 9.43. The van der Waals surface area contributed by atoms with Crippen molar-refractivity contribution in [3.8, 4) is 0 Å². The minimum absolute atomic E-state index is 0.204. The summed E-state index contributed by atoms with van der Waals surface area (Å²) in [7, 11) is 2.16. The maximum absolute atomic E-state index is 9.43. The van der Waals surface area contributed by atoms with Gasteiger partial charge in [-0.3, -0.25) is 4.90 Å². The Balaban J connectivity index is 2.07. The molecule has 0 aliphatic carbocycles. The smallest absolute Gasteiger partial charge is 0.0486 e. The van der Waals surface area contributed by atoms with Gasteiger partial charge in [-0.15, -0.1) is 0 Å². The lowest BCUT2D eigenvalue weighted by Gasteiger charge is -2.31. The molecular formula is C20H30N2O. The van der Waals surface area contributed by atoms with Crippen molar-refractivity contribution in [2.45, 2.75) is 59.7 Å². The van der Waals surface area contributed by atoms with Crippen molar-refractivity contribution in [3.05, 3.63) is 34.5 Å². The average Bonchev–Trinajstić information content (AvgIpc) is 3.00. The van der Waals surface area contributed by atoms with Crippen molar-refractivity contribution < 1.29 is 5.11 Å². The first-order valence-corrected chi connectivity index (χ1v) is 8.68. The van der Waals surface area contributed by atoms with Crippen LogP contribution in [-0.4, -0.2) is 26.7 Å². The fraction of sp³-hybridized carbons (Fsp3) is 0.600. The zero-order chi connectivity index (χ0) is 16.9. The first-order valence-electron chi connectivity index (χ1n) is 8.68. The van der Waals surface area contributed by atoms with Crippen molar-refractivity contribution in [2.75, 3.05) is 6.61 Å². The summed E-state index contributed by atoms with van der Waals surface area (Å²) in [6, 6.07) is 4.79. The lowest BCUT2D eigenvalue weighted by molar-refractivity contribution is 0.136. The SMILES string of the molecule is Cc1c(CC(C)CO)c2cc3c(cc2n1C)CN(C(C)(C)C)C3. The van der Waals surface area contributed by atoms with Crippen LogP contribution in [-0.2, 0) is 26.6 Å². The molecule has 1 aliphatic heterocycles. The highest BCUT2D eigenvalue weighted by Crippen LogP contribution is 2.35. The summed E-state index contributed by atoms with van der Waals surface area (Å²) in [4.78, 5) is 2.54.